The summed E-state index contributed by atoms with van der Waals surface area (Å²) in [6.45, 7) is 6.94. The average Bonchev–Trinajstić information content (AvgIpc) is 2.62. The van der Waals surface area contributed by atoms with Gasteiger partial charge in [-0.25, -0.2) is 9.97 Å². The number of hydrogen-bond acceptors (Lipinski definition) is 6. The average molecular weight is 341 g/mol. The van der Waals surface area contributed by atoms with E-state index >= 15 is 0 Å². The van der Waals surface area contributed by atoms with E-state index in [2.05, 4.69) is 50.3 Å². The lowest BCUT2D eigenvalue weighted by atomic mass is 10.1. The highest BCUT2D eigenvalue weighted by molar-refractivity contribution is 5.50. The van der Waals surface area contributed by atoms with Gasteiger partial charge in [0.1, 0.15) is 23.2 Å². The minimum Gasteiger partial charge on any atom is -0.497 e. The molecular weight excluding hydrogens is 314 g/mol. The number of methoxy groups -OCH3 is 1. The normalized spacial score (nSPS) is 15.2. The fraction of sp³-hybridized carbons (Fsp3) is 0.474. The van der Waals surface area contributed by atoms with Gasteiger partial charge >= 0.3 is 0 Å². The first-order valence-corrected chi connectivity index (χ1v) is 8.80. The maximum absolute atomic E-state index is 5.28. The standard InChI is InChI=1S/C19H27N5O/c1-15-21-18(14-19(22-15)24-11-9-23(2)10-12-24)20-8-7-16-5-4-6-17(13-16)25-3/h4-6,13-14H,7-12H2,1-3H3,(H,20,21,22). The van der Waals surface area contributed by atoms with Crippen molar-refractivity contribution in [2.24, 2.45) is 0 Å². The molecule has 0 radical (unpaired) electrons. The lowest BCUT2D eigenvalue weighted by molar-refractivity contribution is 0.312. The zero-order chi connectivity index (χ0) is 17.6. The quantitative estimate of drug-likeness (QED) is 0.869. The summed E-state index contributed by atoms with van der Waals surface area (Å²) in [6.07, 6.45) is 0.921. The molecule has 134 valence electrons. The predicted molar refractivity (Wildman–Crippen MR) is 102 cm³/mol. The van der Waals surface area contributed by atoms with Crippen LogP contribution in [0.25, 0.3) is 0 Å². The SMILES string of the molecule is COc1cccc(CCNc2cc(N3CCN(C)CC3)nc(C)n2)c1. The molecule has 0 atom stereocenters. The highest BCUT2D eigenvalue weighted by Gasteiger charge is 2.16. The first-order valence-electron chi connectivity index (χ1n) is 8.80. The van der Waals surface area contributed by atoms with E-state index in [4.69, 9.17) is 4.74 Å². The van der Waals surface area contributed by atoms with Gasteiger partial charge in [-0.3, -0.25) is 0 Å². The number of benzene rings is 1. The molecule has 0 unspecified atom stereocenters. The van der Waals surface area contributed by atoms with Gasteiger partial charge in [0.15, 0.2) is 0 Å². The minimum atomic E-state index is 0.806. The summed E-state index contributed by atoms with van der Waals surface area (Å²) in [7, 11) is 3.86. The monoisotopic (exact) mass is 341 g/mol. The van der Waals surface area contributed by atoms with Crippen molar-refractivity contribution < 1.29 is 4.74 Å². The number of aromatic nitrogens is 2. The van der Waals surface area contributed by atoms with Crippen molar-refractivity contribution in [3.8, 4) is 5.75 Å². The Balaban J connectivity index is 1.60. The minimum absolute atomic E-state index is 0.806. The van der Waals surface area contributed by atoms with Crippen molar-refractivity contribution in [2.45, 2.75) is 13.3 Å². The van der Waals surface area contributed by atoms with Crippen molar-refractivity contribution >= 4 is 11.6 Å². The molecule has 1 aliphatic rings. The second-order valence-corrected chi connectivity index (χ2v) is 6.48. The van der Waals surface area contributed by atoms with E-state index in [-0.39, 0.29) is 0 Å². The number of anilines is 2. The summed E-state index contributed by atoms with van der Waals surface area (Å²) in [5.41, 5.74) is 1.25. The van der Waals surface area contributed by atoms with Crippen LogP contribution in [0.5, 0.6) is 5.75 Å². The molecule has 3 rings (SSSR count). The number of ether oxygens (including phenoxy) is 1. The topological polar surface area (TPSA) is 53.5 Å². The Morgan fingerprint density at radius 1 is 1.12 bits per heavy atom. The van der Waals surface area contributed by atoms with E-state index in [0.717, 1.165) is 62.4 Å². The summed E-state index contributed by atoms with van der Waals surface area (Å²) in [6, 6.07) is 10.2. The van der Waals surface area contributed by atoms with Crippen LogP contribution in [0.1, 0.15) is 11.4 Å². The summed E-state index contributed by atoms with van der Waals surface area (Å²) in [5, 5.41) is 3.43. The van der Waals surface area contributed by atoms with E-state index in [0.29, 0.717) is 0 Å². The fourth-order valence-corrected chi connectivity index (χ4v) is 3.00. The summed E-state index contributed by atoms with van der Waals surface area (Å²) < 4.78 is 5.28. The third-order valence-electron chi connectivity index (χ3n) is 4.51. The molecule has 25 heavy (non-hydrogen) atoms. The van der Waals surface area contributed by atoms with Gasteiger partial charge in [-0.05, 0) is 38.1 Å². The maximum atomic E-state index is 5.28. The fourth-order valence-electron chi connectivity index (χ4n) is 3.00. The van der Waals surface area contributed by atoms with E-state index in [1.54, 1.807) is 7.11 Å². The Bertz CT molecular complexity index is 698. The van der Waals surface area contributed by atoms with E-state index in [1.165, 1.54) is 5.56 Å². The van der Waals surface area contributed by atoms with Crippen LogP contribution in [-0.2, 0) is 6.42 Å². The Kier molecular flexibility index (Phi) is 5.71. The molecule has 0 spiro atoms. The van der Waals surface area contributed by atoms with Crippen molar-refractivity contribution in [3.63, 3.8) is 0 Å². The molecule has 1 N–H and O–H groups in total. The van der Waals surface area contributed by atoms with Crippen LogP contribution < -0.4 is 15.0 Å². The lowest BCUT2D eigenvalue weighted by Gasteiger charge is -2.33. The third-order valence-corrected chi connectivity index (χ3v) is 4.51. The molecule has 0 amide bonds. The van der Waals surface area contributed by atoms with Gasteiger partial charge in [0.25, 0.3) is 0 Å². The number of likely N-dealkylation sites (N-methyl/N-ethyl adjacent to an activating group) is 1. The van der Waals surface area contributed by atoms with Gasteiger partial charge in [0.05, 0.1) is 7.11 Å². The van der Waals surface area contributed by atoms with Crippen LogP contribution in [0.3, 0.4) is 0 Å². The zero-order valence-corrected chi connectivity index (χ0v) is 15.3. The largest absolute Gasteiger partial charge is 0.497 e. The smallest absolute Gasteiger partial charge is 0.134 e. The molecule has 6 nitrogen and oxygen atoms in total. The molecule has 1 aromatic heterocycles. The predicted octanol–water partition coefficient (Wildman–Crippen LogP) is 2.20. The zero-order valence-electron chi connectivity index (χ0n) is 15.3. The van der Waals surface area contributed by atoms with E-state index in [1.807, 2.05) is 19.1 Å². The molecular formula is C19H27N5O. The number of rotatable bonds is 6. The molecule has 1 fully saturated rings. The Labute approximate surface area is 149 Å². The van der Waals surface area contributed by atoms with Crippen molar-refractivity contribution in [1.29, 1.82) is 0 Å². The van der Waals surface area contributed by atoms with Crippen molar-refractivity contribution in [1.82, 2.24) is 14.9 Å². The van der Waals surface area contributed by atoms with Crippen LogP contribution in [0.15, 0.2) is 30.3 Å². The second kappa shape index (κ2) is 8.16. The summed E-state index contributed by atoms with van der Waals surface area (Å²) in [4.78, 5) is 13.8. The molecule has 0 aliphatic carbocycles. The molecule has 0 bridgehead atoms. The van der Waals surface area contributed by atoms with Crippen LogP contribution >= 0.6 is 0 Å². The van der Waals surface area contributed by atoms with E-state index < -0.39 is 0 Å². The molecule has 6 heteroatoms. The van der Waals surface area contributed by atoms with Crippen LogP contribution in [-0.4, -0.2) is 61.7 Å². The van der Waals surface area contributed by atoms with Crippen LogP contribution in [0, 0.1) is 6.92 Å². The van der Waals surface area contributed by atoms with E-state index in [9.17, 15) is 0 Å². The summed E-state index contributed by atoms with van der Waals surface area (Å²) in [5.74, 6) is 3.61. The first-order chi connectivity index (χ1) is 12.1. The van der Waals surface area contributed by atoms with Crippen LogP contribution in [0.2, 0.25) is 0 Å². The number of piperazine rings is 1. The third kappa shape index (κ3) is 4.82. The molecule has 1 aromatic carbocycles. The number of aryl methyl sites for hydroxylation is 1. The molecule has 1 aliphatic heterocycles. The number of nitrogens with zero attached hydrogens (tertiary/aromatic N) is 4. The maximum Gasteiger partial charge on any atom is 0.134 e. The van der Waals surface area contributed by atoms with Gasteiger partial charge in [-0.2, -0.15) is 0 Å². The molecule has 0 saturated carbocycles. The Morgan fingerprint density at radius 2 is 1.92 bits per heavy atom. The van der Waals surface area contributed by atoms with Gasteiger partial charge < -0.3 is 19.9 Å². The lowest BCUT2D eigenvalue weighted by Crippen LogP contribution is -2.44. The number of nitrogens with one attached hydrogen (secondary N) is 1. The van der Waals surface area contributed by atoms with Crippen molar-refractivity contribution in [2.75, 3.05) is 57.1 Å². The van der Waals surface area contributed by atoms with Gasteiger partial charge in [-0.1, -0.05) is 12.1 Å². The Morgan fingerprint density at radius 3 is 2.68 bits per heavy atom. The first kappa shape index (κ1) is 17.5. The highest BCUT2D eigenvalue weighted by atomic mass is 16.5. The molecule has 2 aromatic rings. The van der Waals surface area contributed by atoms with Gasteiger partial charge in [0, 0.05) is 38.8 Å². The molecule has 2 heterocycles. The highest BCUT2D eigenvalue weighted by Crippen LogP contribution is 2.18. The molecule has 1 saturated heterocycles. The Hall–Kier alpha value is -2.34. The van der Waals surface area contributed by atoms with Gasteiger partial charge in [-0.15, -0.1) is 0 Å². The second-order valence-electron chi connectivity index (χ2n) is 6.48. The van der Waals surface area contributed by atoms with Crippen LogP contribution in [0.4, 0.5) is 11.6 Å². The summed E-state index contributed by atoms with van der Waals surface area (Å²) >= 11 is 0. The van der Waals surface area contributed by atoms with Gasteiger partial charge in [0.2, 0.25) is 0 Å². The number of hydrogen-bond donors (Lipinski definition) is 1. The van der Waals surface area contributed by atoms with Crippen molar-refractivity contribution in [3.05, 3.63) is 41.7 Å².